The van der Waals surface area contributed by atoms with E-state index in [1.807, 2.05) is 11.8 Å². The zero-order valence-corrected chi connectivity index (χ0v) is 14.6. The molecule has 3 heteroatoms. The lowest BCUT2D eigenvalue weighted by molar-refractivity contribution is 0.553. The summed E-state index contributed by atoms with van der Waals surface area (Å²) in [5.74, 6) is 0. The van der Waals surface area contributed by atoms with Crippen molar-refractivity contribution in [1.29, 1.82) is 0 Å². The minimum Gasteiger partial charge on any atom is -0.453 e. The molecular weight excluding hydrogens is 264 g/mol. The van der Waals surface area contributed by atoms with Crippen LogP contribution >= 0.6 is 0 Å². The minimum atomic E-state index is -1.64. The summed E-state index contributed by atoms with van der Waals surface area (Å²) < 4.78 is 6.35. The summed E-state index contributed by atoms with van der Waals surface area (Å²) in [6.45, 7) is 12.9. The molecule has 1 aromatic carbocycles. The zero-order chi connectivity index (χ0) is 14.4. The molecule has 0 amide bonds. The summed E-state index contributed by atoms with van der Waals surface area (Å²) in [4.78, 5) is 0. The highest BCUT2D eigenvalue weighted by Crippen LogP contribution is 2.21. The van der Waals surface area contributed by atoms with E-state index in [0.29, 0.717) is 0 Å². The molecule has 0 aliphatic heterocycles. The first kappa shape index (κ1) is 16.1. The predicted molar refractivity (Wildman–Crippen MR) is 91.1 cm³/mol. The molecule has 1 nitrogen and oxygen atoms in total. The Morgan fingerprint density at radius 2 is 1.74 bits per heavy atom. The van der Waals surface area contributed by atoms with Gasteiger partial charge in [0.15, 0.2) is 16.6 Å². The highest BCUT2D eigenvalue weighted by Gasteiger charge is 2.29. The Bertz CT molecular complexity index is 422. The van der Waals surface area contributed by atoms with Gasteiger partial charge in [0.2, 0.25) is 0 Å². The van der Waals surface area contributed by atoms with Gasteiger partial charge in [0, 0.05) is 0 Å². The lowest BCUT2D eigenvalue weighted by Gasteiger charge is -2.31. The Morgan fingerprint density at radius 1 is 1.11 bits per heavy atom. The van der Waals surface area contributed by atoms with Crippen molar-refractivity contribution in [1.82, 2.24) is 0 Å². The van der Waals surface area contributed by atoms with E-state index < -0.39 is 16.6 Å². The van der Waals surface area contributed by atoms with Crippen LogP contribution in [0, 0.1) is 0 Å². The summed E-state index contributed by atoms with van der Waals surface area (Å²) in [6, 6.07) is 11.6. The smallest absolute Gasteiger partial charge is 0.197 e. The Kier molecular flexibility index (Phi) is 5.98. The average Bonchev–Trinajstić information content (AvgIpc) is 2.35. The second kappa shape index (κ2) is 7.03. The molecule has 0 saturated heterocycles. The second-order valence-corrected chi connectivity index (χ2v) is 14.5. The van der Waals surface area contributed by atoms with Gasteiger partial charge >= 0.3 is 0 Å². The first-order chi connectivity index (χ1) is 8.85. The molecular formula is C16H26OSi2. The van der Waals surface area contributed by atoms with E-state index in [0.717, 1.165) is 6.42 Å². The molecule has 0 unspecified atom stereocenters. The van der Waals surface area contributed by atoms with E-state index in [4.69, 9.17) is 4.12 Å². The Morgan fingerprint density at radius 3 is 2.32 bits per heavy atom. The van der Waals surface area contributed by atoms with Gasteiger partial charge in [-0.1, -0.05) is 48.2 Å². The van der Waals surface area contributed by atoms with Crippen LogP contribution in [0.4, 0.5) is 0 Å². The third kappa shape index (κ3) is 6.71. The van der Waals surface area contributed by atoms with E-state index in [2.05, 4.69) is 69.2 Å². The van der Waals surface area contributed by atoms with Gasteiger partial charge in [0.25, 0.3) is 0 Å². The van der Waals surface area contributed by atoms with Crippen LogP contribution in [0.2, 0.25) is 32.2 Å². The molecule has 0 aromatic heterocycles. The molecule has 0 N–H and O–H groups in total. The van der Waals surface area contributed by atoms with E-state index in [1.165, 1.54) is 11.6 Å². The van der Waals surface area contributed by atoms with Crippen LogP contribution in [0.3, 0.4) is 0 Å². The molecule has 0 aliphatic rings. The summed E-state index contributed by atoms with van der Waals surface area (Å²) >= 11 is 0. The summed E-state index contributed by atoms with van der Waals surface area (Å²) in [5, 5.41) is 0. The maximum absolute atomic E-state index is 6.35. The Labute approximate surface area is 120 Å². The van der Waals surface area contributed by atoms with Crippen molar-refractivity contribution in [3.63, 3.8) is 0 Å². The van der Waals surface area contributed by atoms with Gasteiger partial charge in [-0.05, 0) is 44.2 Å². The third-order valence-electron chi connectivity index (χ3n) is 3.05. The van der Waals surface area contributed by atoms with Crippen LogP contribution in [0.1, 0.15) is 12.0 Å². The van der Waals surface area contributed by atoms with Gasteiger partial charge in [-0.3, -0.25) is 0 Å². The van der Waals surface area contributed by atoms with Crippen molar-refractivity contribution in [2.24, 2.45) is 0 Å². The molecule has 0 radical (unpaired) electrons. The molecule has 0 aliphatic carbocycles. The molecule has 1 aromatic rings. The standard InChI is InChI=1S/C16H26OSi2/c1-6-18(2,3)17-19(4,5)15-11-10-14-16-12-8-7-9-13-16/h6-10,12-14H,1,11,15H2,2-5H3. The average molecular weight is 291 g/mol. The lowest BCUT2D eigenvalue weighted by atomic mass is 10.2. The maximum atomic E-state index is 6.35. The minimum absolute atomic E-state index is 1.09. The highest BCUT2D eigenvalue weighted by atomic mass is 28.4. The number of hydrogen-bond acceptors (Lipinski definition) is 1. The zero-order valence-electron chi connectivity index (χ0n) is 12.6. The summed E-state index contributed by atoms with van der Waals surface area (Å²) in [6.07, 6.45) is 5.55. The maximum Gasteiger partial charge on any atom is 0.197 e. The monoisotopic (exact) mass is 290 g/mol. The van der Waals surface area contributed by atoms with Crippen LogP contribution in [0.5, 0.6) is 0 Å². The van der Waals surface area contributed by atoms with E-state index >= 15 is 0 Å². The third-order valence-corrected chi connectivity index (χ3v) is 9.84. The fraction of sp³-hybridized carbons (Fsp3) is 0.375. The topological polar surface area (TPSA) is 9.23 Å². The van der Waals surface area contributed by atoms with Crippen molar-refractivity contribution in [3.8, 4) is 0 Å². The molecule has 19 heavy (non-hydrogen) atoms. The number of hydrogen-bond donors (Lipinski definition) is 0. The van der Waals surface area contributed by atoms with Crippen LogP contribution in [-0.2, 0) is 4.12 Å². The van der Waals surface area contributed by atoms with Gasteiger partial charge in [-0.15, -0.1) is 6.58 Å². The van der Waals surface area contributed by atoms with E-state index in [9.17, 15) is 0 Å². The molecule has 0 bridgehead atoms. The van der Waals surface area contributed by atoms with Crippen molar-refractivity contribution in [2.45, 2.75) is 38.7 Å². The van der Waals surface area contributed by atoms with Crippen molar-refractivity contribution >= 4 is 22.7 Å². The molecule has 1 rings (SSSR count). The van der Waals surface area contributed by atoms with Crippen LogP contribution < -0.4 is 0 Å². The van der Waals surface area contributed by atoms with Gasteiger partial charge in [-0.25, -0.2) is 0 Å². The van der Waals surface area contributed by atoms with Crippen molar-refractivity contribution in [2.75, 3.05) is 0 Å². The van der Waals surface area contributed by atoms with Gasteiger partial charge in [0.05, 0.1) is 0 Å². The van der Waals surface area contributed by atoms with Gasteiger partial charge in [0.1, 0.15) is 0 Å². The highest BCUT2D eigenvalue weighted by molar-refractivity contribution is 6.87. The largest absolute Gasteiger partial charge is 0.453 e. The van der Waals surface area contributed by atoms with Crippen LogP contribution in [-0.4, -0.2) is 16.6 Å². The van der Waals surface area contributed by atoms with Gasteiger partial charge in [-0.2, -0.15) is 0 Å². The van der Waals surface area contributed by atoms with Crippen LogP contribution in [0.25, 0.3) is 6.08 Å². The first-order valence-corrected chi connectivity index (χ1v) is 13.0. The predicted octanol–water partition coefficient (Wildman–Crippen LogP) is 5.24. The lowest BCUT2D eigenvalue weighted by Crippen LogP contribution is -2.42. The van der Waals surface area contributed by atoms with Crippen molar-refractivity contribution < 1.29 is 4.12 Å². The molecule has 0 atom stereocenters. The molecule has 0 fully saturated rings. The SMILES string of the molecule is C=C[Si](C)(C)O[Si](C)(C)CCC=Cc1ccccc1. The summed E-state index contributed by atoms with van der Waals surface area (Å²) in [5.41, 5.74) is 3.30. The second-order valence-electron chi connectivity index (χ2n) is 6.02. The summed E-state index contributed by atoms with van der Waals surface area (Å²) in [7, 11) is -3.19. The molecule has 104 valence electrons. The molecule has 0 spiro atoms. The number of allylic oxidation sites excluding steroid dienone is 1. The molecule has 0 saturated carbocycles. The Balaban J connectivity index is 2.43. The fourth-order valence-corrected chi connectivity index (χ4v) is 9.32. The van der Waals surface area contributed by atoms with Gasteiger partial charge < -0.3 is 4.12 Å². The normalized spacial score (nSPS) is 12.8. The number of benzene rings is 1. The van der Waals surface area contributed by atoms with E-state index in [1.54, 1.807) is 0 Å². The number of rotatable bonds is 7. The first-order valence-electron chi connectivity index (χ1n) is 6.90. The fourth-order valence-electron chi connectivity index (χ4n) is 2.02. The van der Waals surface area contributed by atoms with Crippen LogP contribution in [0.15, 0.2) is 48.7 Å². The van der Waals surface area contributed by atoms with Crippen molar-refractivity contribution in [3.05, 3.63) is 54.2 Å². The molecule has 0 heterocycles. The Hall–Kier alpha value is -0.906. The van der Waals surface area contributed by atoms with E-state index in [-0.39, 0.29) is 0 Å². The quantitative estimate of drug-likeness (QED) is 0.624.